The van der Waals surface area contributed by atoms with Gasteiger partial charge in [0.15, 0.2) is 0 Å². The predicted molar refractivity (Wildman–Crippen MR) is 107 cm³/mol. The van der Waals surface area contributed by atoms with Gasteiger partial charge in [-0.15, -0.1) is 11.3 Å². The van der Waals surface area contributed by atoms with Crippen LogP contribution in [0, 0.1) is 0 Å². The second kappa shape index (κ2) is 9.00. The Morgan fingerprint density at radius 2 is 2.08 bits per heavy atom. The summed E-state index contributed by atoms with van der Waals surface area (Å²) < 4.78 is 0. The van der Waals surface area contributed by atoms with Crippen LogP contribution in [0.15, 0.2) is 35.8 Å². The van der Waals surface area contributed by atoms with Crippen LogP contribution in [-0.4, -0.2) is 60.6 Å². The van der Waals surface area contributed by atoms with E-state index in [4.69, 9.17) is 0 Å². The lowest BCUT2D eigenvalue weighted by Gasteiger charge is -2.33. The van der Waals surface area contributed by atoms with Crippen molar-refractivity contribution in [3.63, 3.8) is 0 Å². The van der Waals surface area contributed by atoms with Gasteiger partial charge in [0.05, 0.1) is 6.54 Å². The molecule has 7 heteroatoms. The summed E-state index contributed by atoms with van der Waals surface area (Å²) in [5.74, 6) is 1.01. The van der Waals surface area contributed by atoms with Crippen LogP contribution in [0.5, 0.6) is 0 Å². The molecule has 26 heavy (non-hydrogen) atoms. The fraction of sp³-hybridized carbons (Fsp3) is 0.474. The Kier molecular flexibility index (Phi) is 6.46. The van der Waals surface area contributed by atoms with E-state index >= 15 is 0 Å². The van der Waals surface area contributed by atoms with E-state index in [0.29, 0.717) is 19.6 Å². The van der Waals surface area contributed by atoms with Gasteiger partial charge in [0, 0.05) is 50.3 Å². The number of piperazine rings is 1. The Hall–Kier alpha value is -2.12. The molecule has 3 rings (SSSR count). The number of hydrogen-bond acceptors (Lipinski definition) is 5. The highest BCUT2D eigenvalue weighted by Gasteiger charge is 2.15. The van der Waals surface area contributed by atoms with Crippen molar-refractivity contribution in [2.75, 3.05) is 44.7 Å². The minimum atomic E-state index is -0.0379. The topological polar surface area (TPSA) is 51.7 Å². The molecule has 0 aliphatic carbocycles. The van der Waals surface area contributed by atoms with Crippen LogP contribution in [0.2, 0.25) is 0 Å². The minimum absolute atomic E-state index is 0.0379. The normalized spacial score (nSPS) is 15.1. The van der Waals surface area contributed by atoms with Gasteiger partial charge in [-0.1, -0.05) is 12.1 Å². The van der Waals surface area contributed by atoms with Crippen LogP contribution < -0.4 is 10.2 Å². The van der Waals surface area contributed by atoms with Crippen LogP contribution in [0.4, 0.5) is 10.6 Å². The van der Waals surface area contributed by atoms with E-state index < -0.39 is 0 Å². The van der Waals surface area contributed by atoms with Crippen LogP contribution in [-0.2, 0) is 13.1 Å². The van der Waals surface area contributed by atoms with Gasteiger partial charge in [0.25, 0.3) is 0 Å². The molecule has 0 radical (unpaired) electrons. The van der Waals surface area contributed by atoms with E-state index in [1.54, 1.807) is 11.3 Å². The zero-order chi connectivity index (χ0) is 18.4. The number of carbonyl (C=O) groups is 1. The third-order valence-corrected chi connectivity index (χ3v) is 5.54. The van der Waals surface area contributed by atoms with Crippen molar-refractivity contribution in [1.29, 1.82) is 0 Å². The minimum Gasteiger partial charge on any atom is -0.354 e. The lowest BCUT2D eigenvalue weighted by Crippen LogP contribution is -2.44. The van der Waals surface area contributed by atoms with Gasteiger partial charge in [-0.3, -0.25) is 0 Å². The summed E-state index contributed by atoms with van der Waals surface area (Å²) >= 11 is 1.67. The van der Waals surface area contributed by atoms with E-state index in [1.165, 1.54) is 4.88 Å². The zero-order valence-corrected chi connectivity index (χ0v) is 16.3. The van der Waals surface area contributed by atoms with Crippen molar-refractivity contribution >= 4 is 23.2 Å². The second-order valence-corrected chi connectivity index (χ2v) is 7.60. The van der Waals surface area contributed by atoms with Gasteiger partial charge in [0.1, 0.15) is 5.82 Å². The maximum absolute atomic E-state index is 12.4. The summed E-state index contributed by atoms with van der Waals surface area (Å²) in [5.41, 5.74) is 1.02. The number of thiophene rings is 1. The maximum Gasteiger partial charge on any atom is 0.317 e. The first-order valence-corrected chi connectivity index (χ1v) is 9.97. The van der Waals surface area contributed by atoms with E-state index in [2.05, 4.69) is 45.3 Å². The maximum atomic E-state index is 12.4. The Balaban J connectivity index is 1.50. The molecule has 1 N–H and O–H groups in total. The molecule has 0 bridgehead atoms. The molecule has 3 heterocycles. The van der Waals surface area contributed by atoms with Crippen molar-refractivity contribution in [3.8, 4) is 0 Å². The van der Waals surface area contributed by atoms with Crippen LogP contribution >= 0.6 is 11.3 Å². The number of urea groups is 1. The fourth-order valence-electron chi connectivity index (χ4n) is 2.95. The number of nitrogens with one attached hydrogen (secondary N) is 1. The molecule has 0 atom stereocenters. The van der Waals surface area contributed by atoms with Gasteiger partial charge >= 0.3 is 6.03 Å². The summed E-state index contributed by atoms with van der Waals surface area (Å²) in [7, 11) is 2.15. The van der Waals surface area contributed by atoms with Crippen molar-refractivity contribution in [1.82, 2.24) is 20.1 Å². The summed E-state index contributed by atoms with van der Waals surface area (Å²) in [5, 5.41) is 5.03. The monoisotopic (exact) mass is 373 g/mol. The standard InChI is InChI=1S/C19H27N5OS/c1-3-23(15-17-5-4-12-26-17)19(25)21-14-16-6-7-18(20-13-16)24-10-8-22(2)9-11-24/h4-7,12-13H,3,8-11,14-15H2,1-2H3,(H,21,25). The second-order valence-electron chi connectivity index (χ2n) is 6.57. The van der Waals surface area contributed by atoms with E-state index in [9.17, 15) is 4.79 Å². The van der Waals surface area contributed by atoms with E-state index in [0.717, 1.165) is 37.6 Å². The Labute approximate surface area is 159 Å². The predicted octanol–water partition coefficient (Wildman–Crippen LogP) is 2.63. The highest BCUT2D eigenvalue weighted by molar-refractivity contribution is 7.09. The first kappa shape index (κ1) is 18.7. The Morgan fingerprint density at radius 1 is 1.27 bits per heavy atom. The van der Waals surface area contributed by atoms with Crippen LogP contribution in [0.3, 0.4) is 0 Å². The number of aromatic nitrogens is 1. The highest BCUT2D eigenvalue weighted by atomic mass is 32.1. The number of anilines is 1. The average molecular weight is 374 g/mol. The summed E-state index contributed by atoms with van der Waals surface area (Å²) in [6.45, 7) is 7.98. The lowest BCUT2D eigenvalue weighted by atomic mass is 10.2. The number of rotatable bonds is 6. The molecular weight excluding hydrogens is 346 g/mol. The summed E-state index contributed by atoms with van der Waals surface area (Å²) in [6, 6.07) is 8.14. The van der Waals surface area contributed by atoms with Crippen LogP contribution in [0.1, 0.15) is 17.4 Å². The third kappa shape index (κ3) is 4.95. The molecule has 140 valence electrons. The van der Waals surface area contributed by atoms with Gasteiger partial charge in [-0.25, -0.2) is 9.78 Å². The average Bonchev–Trinajstić information content (AvgIpc) is 3.18. The van der Waals surface area contributed by atoms with Crippen LogP contribution in [0.25, 0.3) is 0 Å². The fourth-order valence-corrected chi connectivity index (χ4v) is 3.67. The van der Waals surface area contributed by atoms with Gasteiger partial charge in [-0.05, 0) is 37.0 Å². The SMILES string of the molecule is CCN(Cc1cccs1)C(=O)NCc1ccc(N2CCN(C)CC2)nc1. The number of likely N-dealkylation sites (N-methyl/N-ethyl adjacent to an activating group) is 1. The molecular formula is C19H27N5OS. The van der Waals surface area contributed by atoms with Crippen molar-refractivity contribution in [2.45, 2.75) is 20.0 Å². The van der Waals surface area contributed by atoms with Crippen molar-refractivity contribution in [2.24, 2.45) is 0 Å². The largest absolute Gasteiger partial charge is 0.354 e. The molecule has 0 aromatic carbocycles. The molecule has 1 saturated heterocycles. The smallest absolute Gasteiger partial charge is 0.317 e. The molecule has 6 nitrogen and oxygen atoms in total. The molecule has 1 aliphatic heterocycles. The first-order valence-electron chi connectivity index (χ1n) is 9.09. The molecule has 0 unspecified atom stereocenters. The molecule has 2 amide bonds. The van der Waals surface area contributed by atoms with Crippen molar-refractivity contribution < 1.29 is 4.79 Å². The molecule has 0 spiro atoms. The van der Waals surface area contributed by atoms with E-state index in [-0.39, 0.29) is 6.03 Å². The molecule has 2 aromatic heterocycles. The highest BCUT2D eigenvalue weighted by Crippen LogP contribution is 2.14. The molecule has 1 fully saturated rings. The Morgan fingerprint density at radius 3 is 2.69 bits per heavy atom. The van der Waals surface area contributed by atoms with E-state index in [1.807, 2.05) is 29.5 Å². The molecule has 1 aliphatic rings. The Bertz CT molecular complexity index is 680. The summed E-state index contributed by atoms with van der Waals surface area (Å²) in [4.78, 5) is 24.6. The third-order valence-electron chi connectivity index (χ3n) is 4.68. The molecule has 2 aromatic rings. The summed E-state index contributed by atoms with van der Waals surface area (Å²) in [6.07, 6.45) is 1.86. The first-order chi connectivity index (χ1) is 12.7. The molecule has 0 saturated carbocycles. The van der Waals surface area contributed by atoms with Gasteiger partial charge in [-0.2, -0.15) is 0 Å². The van der Waals surface area contributed by atoms with Crippen molar-refractivity contribution in [3.05, 3.63) is 46.3 Å². The number of amides is 2. The zero-order valence-electron chi connectivity index (χ0n) is 15.5. The lowest BCUT2D eigenvalue weighted by molar-refractivity contribution is 0.198. The number of nitrogens with zero attached hydrogens (tertiary/aromatic N) is 4. The quantitative estimate of drug-likeness (QED) is 0.846. The number of carbonyl (C=O) groups excluding carboxylic acids is 1. The van der Waals surface area contributed by atoms with Gasteiger partial charge in [0.2, 0.25) is 0 Å². The van der Waals surface area contributed by atoms with Gasteiger partial charge < -0.3 is 20.0 Å². The number of hydrogen-bond donors (Lipinski definition) is 1. The number of pyridine rings is 1.